The Morgan fingerprint density at radius 1 is 1.38 bits per heavy atom. The first kappa shape index (κ1) is 11.3. The largest absolute Gasteiger partial charge is 0.297 e. The predicted molar refractivity (Wildman–Crippen MR) is 49.8 cm³/mol. The number of hydrogen-bond acceptors (Lipinski definition) is 3. The van der Waals surface area contributed by atoms with Crippen LogP contribution in [0.15, 0.2) is 30.3 Å². The lowest BCUT2D eigenvalue weighted by Gasteiger charge is -1.89. The van der Waals surface area contributed by atoms with Crippen LogP contribution in [0.4, 0.5) is 0 Å². The fraction of sp³-hybridized carbons (Fsp3) is 0.111. The molecule has 1 rings (SSSR count). The Morgan fingerprint density at radius 3 is 2.08 bits per heavy atom. The Kier molecular flexibility index (Phi) is 6.09. The van der Waals surface area contributed by atoms with E-state index in [9.17, 15) is 4.79 Å². The van der Waals surface area contributed by atoms with E-state index in [1.54, 1.807) is 12.3 Å². The molecule has 0 saturated heterocycles. The maximum atomic E-state index is 10.6. The fourth-order valence-electron chi connectivity index (χ4n) is 0.673. The lowest BCUT2D eigenvalue weighted by molar-refractivity contribution is -0.109. The van der Waals surface area contributed by atoms with Crippen molar-refractivity contribution in [3.05, 3.63) is 35.9 Å². The predicted octanol–water partition coefficient (Wildman–Crippen LogP) is 0.495. The zero-order valence-electron chi connectivity index (χ0n) is 7.36. The third-order valence-electron chi connectivity index (χ3n) is 1.25. The van der Waals surface area contributed by atoms with Gasteiger partial charge in [-0.3, -0.25) is 15.0 Å². The van der Waals surface area contributed by atoms with Gasteiger partial charge in [-0.05, 0) is 6.92 Å². The summed E-state index contributed by atoms with van der Waals surface area (Å²) in [6.45, 7) is 1.56. The molecule has 0 aromatic heterocycles. The van der Waals surface area contributed by atoms with Gasteiger partial charge in [0.25, 0.3) is 0 Å². The molecule has 0 spiro atoms. The lowest BCUT2D eigenvalue weighted by Crippen LogP contribution is -2.18. The highest BCUT2D eigenvalue weighted by atomic mass is 16.1. The van der Waals surface area contributed by atoms with Gasteiger partial charge in [0, 0.05) is 5.56 Å². The van der Waals surface area contributed by atoms with Crippen LogP contribution in [0.2, 0.25) is 0 Å². The summed E-state index contributed by atoms with van der Waals surface area (Å²) in [7, 11) is 0. The first-order chi connectivity index (χ1) is 6.22. The standard InChI is InChI=1S/C8H8O.CH4N2O/c1-7(9)8-5-3-2-4-6-8;2-3-1-4/h2-6H,1H3;1H,2H2,(H,3,4). The van der Waals surface area contributed by atoms with Gasteiger partial charge in [0.2, 0.25) is 6.41 Å². The van der Waals surface area contributed by atoms with Crippen molar-refractivity contribution in [2.24, 2.45) is 5.84 Å². The number of hydrogen-bond donors (Lipinski definition) is 2. The lowest BCUT2D eigenvalue weighted by atomic mass is 10.2. The highest BCUT2D eigenvalue weighted by molar-refractivity contribution is 5.93. The van der Waals surface area contributed by atoms with Gasteiger partial charge in [-0.2, -0.15) is 0 Å². The molecule has 0 bridgehead atoms. The van der Waals surface area contributed by atoms with Crippen molar-refractivity contribution in [2.45, 2.75) is 6.92 Å². The summed E-state index contributed by atoms with van der Waals surface area (Å²) in [6, 6.07) is 9.23. The van der Waals surface area contributed by atoms with Crippen LogP contribution in [0.5, 0.6) is 0 Å². The molecule has 3 N–H and O–H groups in total. The first-order valence-corrected chi connectivity index (χ1v) is 3.68. The minimum Gasteiger partial charge on any atom is -0.297 e. The van der Waals surface area contributed by atoms with Gasteiger partial charge >= 0.3 is 0 Å². The summed E-state index contributed by atoms with van der Waals surface area (Å²) in [5.74, 6) is 4.53. The van der Waals surface area contributed by atoms with Crippen molar-refractivity contribution in [2.75, 3.05) is 0 Å². The van der Waals surface area contributed by atoms with Crippen molar-refractivity contribution < 1.29 is 9.59 Å². The van der Waals surface area contributed by atoms with E-state index in [1.807, 2.05) is 30.3 Å². The van der Waals surface area contributed by atoms with Crippen molar-refractivity contribution in [1.29, 1.82) is 0 Å². The summed E-state index contributed by atoms with van der Waals surface area (Å²) < 4.78 is 0. The first-order valence-electron chi connectivity index (χ1n) is 3.68. The number of Topliss-reactive ketones (excluding diaryl/α,β-unsaturated/α-hetero) is 1. The van der Waals surface area contributed by atoms with E-state index >= 15 is 0 Å². The van der Waals surface area contributed by atoms with Crippen molar-refractivity contribution in [3.8, 4) is 0 Å². The highest BCUT2D eigenvalue weighted by Gasteiger charge is 1.92. The van der Waals surface area contributed by atoms with Gasteiger partial charge in [-0.1, -0.05) is 30.3 Å². The Bertz CT molecular complexity index is 260. The molecular formula is C9H12N2O2. The van der Waals surface area contributed by atoms with Crippen LogP contribution in [0, 0.1) is 0 Å². The Hall–Kier alpha value is -1.68. The quantitative estimate of drug-likeness (QED) is 0.229. The van der Waals surface area contributed by atoms with Gasteiger partial charge in [0.15, 0.2) is 5.78 Å². The molecule has 13 heavy (non-hydrogen) atoms. The number of amides is 1. The van der Waals surface area contributed by atoms with Gasteiger partial charge in [0.1, 0.15) is 0 Å². The molecule has 1 amide bonds. The molecule has 4 nitrogen and oxygen atoms in total. The Balaban J connectivity index is 0.000000310. The molecule has 0 atom stereocenters. The second-order valence-corrected chi connectivity index (χ2v) is 2.21. The fourth-order valence-corrected chi connectivity index (χ4v) is 0.673. The SMILES string of the molecule is CC(=O)c1ccccc1.NNC=O. The van der Waals surface area contributed by atoms with Crippen LogP contribution in [0.25, 0.3) is 0 Å². The van der Waals surface area contributed by atoms with E-state index in [4.69, 9.17) is 4.79 Å². The maximum absolute atomic E-state index is 10.6. The van der Waals surface area contributed by atoms with Crippen LogP contribution in [0.3, 0.4) is 0 Å². The molecule has 4 heteroatoms. The molecule has 1 aromatic carbocycles. The molecule has 0 saturated carbocycles. The van der Waals surface area contributed by atoms with Crippen molar-refractivity contribution >= 4 is 12.2 Å². The van der Waals surface area contributed by atoms with E-state index in [2.05, 4.69) is 5.84 Å². The topological polar surface area (TPSA) is 72.2 Å². The van der Waals surface area contributed by atoms with Crippen LogP contribution < -0.4 is 11.3 Å². The summed E-state index contributed by atoms with van der Waals surface area (Å²) in [5, 5.41) is 0. The Labute approximate surface area is 76.7 Å². The van der Waals surface area contributed by atoms with E-state index < -0.39 is 0 Å². The number of ketones is 1. The van der Waals surface area contributed by atoms with E-state index in [1.165, 1.54) is 0 Å². The molecule has 1 aromatic rings. The minimum absolute atomic E-state index is 0.121. The van der Waals surface area contributed by atoms with Gasteiger partial charge < -0.3 is 0 Å². The third kappa shape index (κ3) is 5.57. The smallest absolute Gasteiger partial charge is 0.221 e. The third-order valence-corrected chi connectivity index (χ3v) is 1.25. The van der Waals surface area contributed by atoms with Crippen molar-refractivity contribution in [1.82, 2.24) is 5.43 Å². The zero-order chi connectivity index (χ0) is 10.1. The van der Waals surface area contributed by atoms with Gasteiger partial charge in [-0.25, -0.2) is 5.84 Å². The summed E-state index contributed by atoms with van der Waals surface area (Å²) >= 11 is 0. The average Bonchev–Trinajstić information content (AvgIpc) is 2.19. The highest BCUT2D eigenvalue weighted by Crippen LogP contribution is 1.97. The number of carbonyl (C=O) groups excluding carboxylic acids is 2. The average molecular weight is 180 g/mol. The van der Waals surface area contributed by atoms with E-state index in [-0.39, 0.29) is 5.78 Å². The van der Waals surface area contributed by atoms with E-state index in [0.29, 0.717) is 6.41 Å². The number of benzene rings is 1. The minimum atomic E-state index is 0.121. The number of nitrogens with one attached hydrogen (secondary N) is 1. The summed E-state index contributed by atoms with van der Waals surface area (Å²) in [6.07, 6.45) is 0.403. The summed E-state index contributed by atoms with van der Waals surface area (Å²) in [5.41, 5.74) is 2.53. The van der Waals surface area contributed by atoms with Gasteiger partial charge in [-0.15, -0.1) is 0 Å². The van der Waals surface area contributed by atoms with E-state index in [0.717, 1.165) is 5.56 Å². The summed E-state index contributed by atoms with van der Waals surface area (Å²) in [4.78, 5) is 19.6. The molecule has 0 fully saturated rings. The number of carbonyl (C=O) groups is 2. The molecule has 0 aliphatic heterocycles. The molecule has 70 valence electrons. The van der Waals surface area contributed by atoms with Crippen LogP contribution in [-0.4, -0.2) is 12.2 Å². The molecule has 0 unspecified atom stereocenters. The molecule has 0 aliphatic rings. The second-order valence-electron chi connectivity index (χ2n) is 2.21. The van der Waals surface area contributed by atoms with Crippen molar-refractivity contribution in [3.63, 3.8) is 0 Å². The molecule has 0 aliphatic carbocycles. The maximum Gasteiger partial charge on any atom is 0.221 e. The molecular weight excluding hydrogens is 168 g/mol. The van der Waals surface area contributed by atoms with Crippen LogP contribution in [0.1, 0.15) is 17.3 Å². The monoisotopic (exact) mass is 180 g/mol. The molecule has 0 heterocycles. The van der Waals surface area contributed by atoms with Crippen LogP contribution >= 0.6 is 0 Å². The normalized spacial score (nSPS) is 7.85. The van der Waals surface area contributed by atoms with Crippen LogP contribution in [-0.2, 0) is 4.79 Å². The number of rotatable bonds is 2. The Morgan fingerprint density at radius 2 is 1.85 bits per heavy atom. The number of nitrogens with two attached hydrogens (primary N) is 1. The molecule has 0 radical (unpaired) electrons. The zero-order valence-corrected chi connectivity index (χ0v) is 7.36. The van der Waals surface area contributed by atoms with Gasteiger partial charge in [0.05, 0.1) is 0 Å². The number of hydrazine groups is 1. The second kappa shape index (κ2) is 7.00.